The number of aliphatic hydroxyl groups is 1. The summed E-state index contributed by atoms with van der Waals surface area (Å²) in [5, 5.41) is 14.8. The Hall–Kier alpha value is -0.170. The molecular formula is C13H16Br2N2OS. The number of nitrogens with zero attached hydrogens (tertiary/aromatic N) is 2. The Morgan fingerprint density at radius 3 is 2.63 bits per heavy atom. The molecule has 2 heterocycles. The zero-order chi connectivity index (χ0) is 14.2. The Bertz CT molecular complexity index is 572. The van der Waals surface area contributed by atoms with Crippen LogP contribution in [0.1, 0.15) is 34.9 Å². The number of hydrogen-bond donors (Lipinski definition) is 1. The van der Waals surface area contributed by atoms with Gasteiger partial charge in [-0.05, 0) is 64.3 Å². The van der Waals surface area contributed by atoms with E-state index in [0.717, 1.165) is 31.1 Å². The molecule has 0 aromatic carbocycles. The van der Waals surface area contributed by atoms with E-state index in [-0.39, 0.29) is 0 Å². The molecule has 0 spiro atoms. The van der Waals surface area contributed by atoms with Crippen molar-refractivity contribution in [3.8, 4) is 0 Å². The van der Waals surface area contributed by atoms with Gasteiger partial charge in [-0.1, -0.05) is 0 Å². The molecular weight excluding hydrogens is 392 g/mol. The minimum atomic E-state index is -0.493. The van der Waals surface area contributed by atoms with Gasteiger partial charge in [0.15, 0.2) is 0 Å². The SMILES string of the molecule is CCn1nc(C)c(Br)c1CC(O)c1cc(C)c(Br)s1. The number of aliphatic hydroxyl groups excluding tert-OH is 1. The predicted molar refractivity (Wildman–Crippen MR) is 85.8 cm³/mol. The van der Waals surface area contributed by atoms with E-state index in [1.807, 2.05) is 24.6 Å². The molecule has 0 bridgehead atoms. The minimum Gasteiger partial charge on any atom is -0.387 e. The Morgan fingerprint density at radius 2 is 2.11 bits per heavy atom. The fourth-order valence-electron chi connectivity index (χ4n) is 2.00. The lowest BCUT2D eigenvalue weighted by molar-refractivity contribution is 0.179. The van der Waals surface area contributed by atoms with E-state index in [4.69, 9.17) is 0 Å². The van der Waals surface area contributed by atoms with E-state index in [2.05, 4.69) is 43.9 Å². The van der Waals surface area contributed by atoms with Crippen LogP contribution in [0.2, 0.25) is 0 Å². The van der Waals surface area contributed by atoms with Gasteiger partial charge in [0.05, 0.1) is 25.8 Å². The highest BCUT2D eigenvalue weighted by Crippen LogP contribution is 2.34. The zero-order valence-corrected chi connectivity index (χ0v) is 15.1. The van der Waals surface area contributed by atoms with Gasteiger partial charge in [-0.2, -0.15) is 5.10 Å². The summed E-state index contributed by atoms with van der Waals surface area (Å²) in [7, 11) is 0. The molecule has 0 fully saturated rings. The standard InChI is InChI=1S/C13H16Br2N2OS/c1-4-17-9(12(14)8(3)16-17)6-10(18)11-5-7(2)13(15)19-11/h5,10,18H,4,6H2,1-3H3. The maximum Gasteiger partial charge on any atom is 0.0938 e. The van der Waals surface area contributed by atoms with Crippen LogP contribution in [-0.4, -0.2) is 14.9 Å². The van der Waals surface area contributed by atoms with Crippen molar-refractivity contribution in [1.29, 1.82) is 0 Å². The molecule has 104 valence electrons. The molecule has 2 aromatic heterocycles. The van der Waals surface area contributed by atoms with Crippen molar-refractivity contribution in [2.45, 2.75) is 39.8 Å². The highest BCUT2D eigenvalue weighted by molar-refractivity contribution is 9.11. The highest BCUT2D eigenvalue weighted by atomic mass is 79.9. The molecule has 1 unspecified atom stereocenters. The molecule has 0 saturated heterocycles. The van der Waals surface area contributed by atoms with E-state index in [1.165, 1.54) is 5.56 Å². The zero-order valence-electron chi connectivity index (χ0n) is 11.1. The van der Waals surface area contributed by atoms with Crippen LogP contribution in [-0.2, 0) is 13.0 Å². The average Bonchev–Trinajstić information content (AvgIpc) is 2.84. The lowest BCUT2D eigenvalue weighted by atomic mass is 10.1. The molecule has 2 rings (SSSR count). The van der Waals surface area contributed by atoms with Crippen molar-refractivity contribution in [2.24, 2.45) is 0 Å². The highest BCUT2D eigenvalue weighted by Gasteiger charge is 2.19. The Kier molecular flexibility index (Phi) is 4.87. The van der Waals surface area contributed by atoms with Gasteiger partial charge >= 0.3 is 0 Å². The molecule has 19 heavy (non-hydrogen) atoms. The van der Waals surface area contributed by atoms with Gasteiger partial charge in [-0.25, -0.2) is 0 Å². The van der Waals surface area contributed by atoms with Gasteiger partial charge in [-0.3, -0.25) is 4.68 Å². The van der Waals surface area contributed by atoms with Crippen LogP contribution in [0.4, 0.5) is 0 Å². The summed E-state index contributed by atoms with van der Waals surface area (Å²) in [4.78, 5) is 0.984. The summed E-state index contributed by atoms with van der Waals surface area (Å²) in [5.74, 6) is 0. The van der Waals surface area contributed by atoms with Gasteiger partial charge in [0, 0.05) is 17.8 Å². The van der Waals surface area contributed by atoms with Crippen molar-refractivity contribution in [1.82, 2.24) is 9.78 Å². The second-order valence-electron chi connectivity index (χ2n) is 4.49. The lowest BCUT2D eigenvalue weighted by Gasteiger charge is -2.10. The second-order valence-corrected chi connectivity index (χ2v) is 7.68. The van der Waals surface area contributed by atoms with Gasteiger partial charge in [0.25, 0.3) is 0 Å². The second kappa shape index (κ2) is 6.08. The van der Waals surface area contributed by atoms with Crippen LogP contribution in [0.5, 0.6) is 0 Å². The smallest absolute Gasteiger partial charge is 0.0938 e. The third-order valence-corrected chi connectivity index (χ3v) is 6.31. The summed E-state index contributed by atoms with van der Waals surface area (Å²) >= 11 is 8.65. The molecule has 6 heteroatoms. The first-order valence-electron chi connectivity index (χ1n) is 6.09. The molecule has 0 amide bonds. The lowest BCUT2D eigenvalue weighted by Crippen LogP contribution is -2.08. The number of hydrogen-bond acceptors (Lipinski definition) is 3. The quantitative estimate of drug-likeness (QED) is 0.816. The van der Waals surface area contributed by atoms with E-state index in [9.17, 15) is 5.11 Å². The summed E-state index contributed by atoms with van der Waals surface area (Å²) in [6.45, 7) is 6.87. The molecule has 0 radical (unpaired) electrons. The van der Waals surface area contributed by atoms with Gasteiger partial charge in [0.2, 0.25) is 0 Å². The number of aromatic nitrogens is 2. The van der Waals surface area contributed by atoms with Gasteiger partial charge < -0.3 is 5.11 Å². The Balaban J connectivity index is 2.25. The van der Waals surface area contributed by atoms with E-state index < -0.39 is 6.10 Å². The fraction of sp³-hybridized carbons (Fsp3) is 0.462. The maximum atomic E-state index is 10.4. The molecule has 1 atom stereocenters. The summed E-state index contributed by atoms with van der Waals surface area (Å²) in [5.41, 5.74) is 3.18. The summed E-state index contributed by atoms with van der Waals surface area (Å²) in [6, 6.07) is 2.03. The van der Waals surface area contributed by atoms with Crippen molar-refractivity contribution in [2.75, 3.05) is 0 Å². The van der Waals surface area contributed by atoms with E-state index in [1.54, 1.807) is 11.3 Å². The molecule has 3 nitrogen and oxygen atoms in total. The predicted octanol–water partition coefficient (Wildman–Crippen LogP) is 4.38. The third kappa shape index (κ3) is 3.12. The molecule has 0 aliphatic heterocycles. The van der Waals surface area contributed by atoms with Crippen LogP contribution < -0.4 is 0 Å². The number of halogens is 2. The van der Waals surface area contributed by atoms with Crippen LogP contribution in [0.25, 0.3) is 0 Å². The van der Waals surface area contributed by atoms with Crippen LogP contribution in [0.15, 0.2) is 14.3 Å². The van der Waals surface area contributed by atoms with Crippen LogP contribution >= 0.6 is 43.2 Å². The molecule has 0 aliphatic carbocycles. The van der Waals surface area contributed by atoms with Crippen LogP contribution in [0.3, 0.4) is 0 Å². The molecule has 0 saturated carbocycles. The first-order chi connectivity index (χ1) is 8.93. The van der Waals surface area contributed by atoms with E-state index >= 15 is 0 Å². The normalized spacial score (nSPS) is 12.9. The van der Waals surface area contributed by atoms with Gasteiger partial charge in [-0.15, -0.1) is 11.3 Å². The van der Waals surface area contributed by atoms with Crippen molar-refractivity contribution in [3.05, 3.63) is 36.2 Å². The molecule has 2 aromatic rings. The van der Waals surface area contributed by atoms with E-state index in [0.29, 0.717) is 6.42 Å². The minimum absolute atomic E-state index is 0.493. The number of aryl methyl sites for hydroxylation is 3. The fourth-order valence-corrected chi connectivity index (χ4v) is 4.00. The number of rotatable bonds is 4. The Labute approximate surface area is 133 Å². The monoisotopic (exact) mass is 406 g/mol. The topological polar surface area (TPSA) is 38.0 Å². The third-order valence-electron chi connectivity index (χ3n) is 3.04. The van der Waals surface area contributed by atoms with Gasteiger partial charge in [0.1, 0.15) is 0 Å². The first-order valence-corrected chi connectivity index (χ1v) is 8.50. The van der Waals surface area contributed by atoms with Crippen molar-refractivity contribution < 1.29 is 5.11 Å². The number of thiophene rings is 1. The van der Waals surface area contributed by atoms with Crippen molar-refractivity contribution in [3.63, 3.8) is 0 Å². The summed E-state index contributed by atoms with van der Waals surface area (Å²) in [6.07, 6.45) is 0.0782. The largest absolute Gasteiger partial charge is 0.387 e. The Morgan fingerprint density at radius 1 is 1.42 bits per heavy atom. The van der Waals surface area contributed by atoms with Crippen LogP contribution in [0, 0.1) is 13.8 Å². The average molecular weight is 408 g/mol. The summed E-state index contributed by atoms with van der Waals surface area (Å²) < 4.78 is 4.03. The first kappa shape index (κ1) is 15.2. The van der Waals surface area contributed by atoms with Crippen molar-refractivity contribution >= 4 is 43.2 Å². The maximum absolute atomic E-state index is 10.4. The molecule has 1 N–H and O–H groups in total. The molecule has 0 aliphatic rings.